The molecule has 0 spiro atoms. The summed E-state index contributed by atoms with van der Waals surface area (Å²) in [6.07, 6.45) is 4.27. The van der Waals surface area contributed by atoms with Crippen molar-refractivity contribution in [1.29, 1.82) is 0 Å². The van der Waals surface area contributed by atoms with E-state index in [0.29, 0.717) is 31.2 Å². The topological polar surface area (TPSA) is 84.4 Å². The van der Waals surface area contributed by atoms with Crippen molar-refractivity contribution in [3.05, 3.63) is 12.7 Å². The first-order valence-corrected chi connectivity index (χ1v) is 9.73. The Balaban J connectivity index is 1.88. The van der Waals surface area contributed by atoms with Crippen LogP contribution < -0.4 is 5.32 Å². The summed E-state index contributed by atoms with van der Waals surface area (Å²) >= 11 is 2.74. The highest BCUT2D eigenvalue weighted by molar-refractivity contribution is 8.01. The van der Waals surface area contributed by atoms with Gasteiger partial charge in [0, 0.05) is 13.1 Å². The highest BCUT2D eigenvalue weighted by Crippen LogP contribution is 2.27. The van der Waals surface area contributed by atoms with E-state index in [1.807, 2.05) is 0 Å². The summed E-state index contributed by atoms with van der Waals surface area (Å²) in [5.41, 5.74) is 0. The molecule has 1 aliphatic heterocycles. The monoisotopic (exact) mass is 370 g/mol. The fraction of sp³-hybridized carbons (Fsp3) is 0.600. The van der Waals surface area contributed by atoms with Crippen LogP contribution in [0.4, 0.5) is 5.13 Å². The largest absolute Gasteiger partial charge is 0.464 e. The van der Waals surface area contributed by atoms with Crippen LogP contribution in [-0.2, 0) is 14.3 Å². The molecule has 24 heavy (non-hydrogen) atoms. The number of ether oxygens (including phenoxy) is 1. The SMILES string of the molecule is C=CCNc1nnc(SCC(=O)N2CCCC[C@@H]2C(=O)OCC)s1. The fourth-order valence-corrected chi connectivity index (χ4v) is 4.06. The zero-order valence-corrected chi connectivity index (χ0v) is 15.3. The molecule has 0 bridgehead atoms. The third-order valence-corrected chi connectivity index (χ3v) is 5.50. The van der Waals surface area contributed by atoms with Crippen LogP contribution in [0.25, 0.3) is 0 Å². The smallest absolute Gasteiger partial charge is 0.328 e. The minimum absolute atomic E-state index is 0.0615. The Labute approximate surface area is 149 Å². The van der Waals surface area contributed by atoms with Gasteiger partial charge in [0.25, 0.3) is 0 Å². The van der Waals surface area contributed by atoms with Crippen LogP contribution in [0, 0.1) is 0 Å². The molecular formula is C15H22N4O3S2. The Morgan fingerprint density at radius 2 is 2.33 bits per heavy atom. The van der Waals surface area contributed by atoms with Crippen LogP contribution in [0.5, 0.6) is 0 Å². The van der Waals surface area contributed by atoms with Gasteiger partial charge in [0.1, 0.15) is 6.04 Å². The number of carbonyl (C=O) groups excluding carboxylic acids is 2. The van der Waals surface area contributed by atoms with Crippen molar-refractivity contribution in [2.45, 2.75) is 36.6 Å². The second-order valence-corrected chi connectivity index (χ2v) is 7.38. The minimum Gasteiger partial charge on any atom is -0.464 e. The van der Waals surface area contributed by atoms with Gasteiger partial charge < -0.3 is 15.0 Å². The lowest BCUT2D eigenvalue weighted by Crippen LogP contribution is -2.49. The summed E-state index contributed by atoms with van der Waals surface area (Å²) in [5.74, 6) is -0.123. The number of anilines is 1. The minimum atomic E-state index is -0.453. The lowest BCUT2D eigenvalue weighted by atomic mass is 10.0. The van der Waals surface area contributed by atoms with Crippen LogP contribution in [0.2, 0.25) is 0 Å². The Morgan fingerprint density at radius 1 is 1.50 bits per heavy atom. The van der Waals surface area contributed by atoms with Crippen LogP contribution in [-0.4, -0.2) is 58.5 Å². The van der Waals surface area contributed by atoms with Gasteiger partial charge in [0.2, 0.25) is 11.0 Å². The normalized spacial score (nSPS) is 17.4. The van der Waals surface area contributed by atoms with Crippen molar-refractivity contribution in [1.82, 2.24) is 15.1 Å². The second-order valence-electron chi connectivity index (χ2n) is 5.18. The van der Waals surface area contributed by atoms with E-state index in [1.165, 1.54) is 23.1 Å². The number of esters is 1. The molecular weight excluding hydrogens is 348 g/mol. The first-order valence-electron chi connectivity index (χ1n) is 7.92. The Hall–Kier alpha value is -1.61. The molecule has 2 heterocycles. The van der Waals surface area contributed by atoms with Crippen molar-refractivity contribution >= 4 is 40.1 Å². The summed E-state index contributed by atoms with van der Waals surface area (Å²) in [6, 6.07) is -0.453. The zero-order valence-electron chi connectivity index (χ0n) is 13.7. The van der Waals surface area contributed by atoms with E-state index >= 15 is 0 Å². The molecule has 2 rings (SSSR count). The maximum absolute atomic E-state index is 12.5. The molecule has 1 amide bonds. The standard InChI is InChI=1S/C15H22N4O3S2/c1-3-8-16-14-17-18-15(24-14)23-10-12(20)19-9-6-5-7-11(19)13(21)22-4-2/h3,11H,1,4-10H2,2H3,(H,16,17)/t11-/m1/s1. The summed E-state index contributed by atoms with van der Waals surface area (Å²) < 4.78 is 5.81. The second kappa shape index (κ2) is 9.63. The number of carbonyl (C=O) groups is 2. The number of rotatable bonds is 8. The lowest BCUT2D eigenvalue weighted by molar-refractivity contribution is -0.155. The van der Waals surface area contributed by atoms with Gasteiger partial charge in [-0.3, -0.25) is 4.79 Å². The molecule has 1 aliphatic rings. The molecule has 0 saturated carbocycles. The third-order valence-electron chi connectivity index (χ3n) is 3.51. The number of amides is 1. The average Bonchev–Trinajstić information content (AvgIpc) is 3.06. The van der Waals surface area contributed by atoms with Gasteiger partial charge in [-0.25, -0.2) is 4.79 Å². The summed E-state index contributed by atoms with van der Waals surface area (Å²) in [7, 11) is 0. The fourth-order valence-electron chi connectivity index (χ4n) is 2.42. The molecule has 0 aromatic carbocycles. The third kappa shape index (κ3) is 5.20. The molecule has 0 aliphatic carbocycles. The van der Waals surface area contributed by atoms with Crippen LogP contribution in [0.15, 0.2) is 17.0 Å². The van der Waals surface area contributed by atoms with E-state index in [0.717, 1.165) is 17.2 Å². The Kier molecular flexibility index (Phi) is 7.51. The van der Waals surface area contributed by atoms with Gasteiger partial charge in [-0.2, -0.15) is 0 Å². The van der Waals surface area contributed by atoms with E-state index < -0.39 is 6.04 Å². The van der Waals surface area contributed by atoms with E-state index in [9.17, 15) is 9.59 Å². The average molecular weight is 371 g/mol. The van der Waals surface area contributed by atoms with Gasteiger partial charge in [-0.05, 0) is 26.2 Å². The number of aromatic nitrogens is 2. The van der Waals surface area contributed by atoms with Crippen LogP contribution in [0.3, 0.4) is 0 Å². The predicted molar refractivity (Wildman–Crippen MR) is 95.3 cm³/mol. The molecule has 7 nitrogen and oxygen atoms in total. The number of likely N-dealkylation sites (tertiary alicyclic amines) is 1. The number of thioether (sulfide) groups is 1. The molecule has 1 saturated heterocycles. The maximum Gasteiger partial charge on any atom is 0.328 e. The molecule has 0 unspecified atom stereocenters. The van der Waals surface area contributed by atoms with E-state index in [4.69, 9.17) is 4.74 Å². The molecule has 1 fully saturated rings. The highest BCUT2D eigenvalue weighted by Gasteiger charge is 2.33. The summed E-state index contributed by atoms with van der Waals surface area (Å²) in [6.45, 7) is 6.95. The van der Waals surface area contributed by atoms with E-state index in [-0.39, 0.29) is 17.6 Å². The van der Waals surface area contributed by atoms with Crippen LogP contribution in [0.1, 0.15) is 26.2 Å². The molecule has 0 radical (unpaired) electrons. The molecule has 1 aromatic heterocycles. The zero-order chi connectivity index (χ0) is 17.4. The quantitative estimate of drug-likeness (QED) is 0.426. The van der Waals surface area contributed by atoms with Gasteiger partial charge in [0.15, 0.2) is 4.34 Å². The van der Waals surface area contributed by atoms with Gasteiger partial charge in [-0.1, -0.05) is 29.2 Å². The van der Waals surface area contributed by atoms with Crippen molar-refractivity contribution in [2.24, 2.45) is 0 Å². The van der Waals surface area contributed by atoms with Crippen molar-refractivity contribution in [2.75, 3.05) is 30.8 Å². The van der Waals surface area contributed by atoms with E-state index in [1.54, 1.807) is 17.9 Å². The lowest BCUT2D eigenvalue weighted by Gasteiger charge is -2.33. The van der Waals surface area contributed by atoms with Crippen molar-refractivity contribution < 1.29 is 14.3 Å². The van der Waals surface area contributed by atoms with Crippen LogP contribution >= 0.6 is 23.1 Å². The predicted octanol–water partition coefficient (Wildman–Crippen LogP) is 2.17. The number of hydrogen-bond donors (Lipinski definition) is 1. The van der Waals surface area contributed by atoms with Crippen molar-refractivity contribution in [3.8, 4) is 0 Å². The number of nitrogens with one attached hydrogen (secondary N) is 1. The number of hydrogen-bond acceptors (Lipinski definition) is 8. The Bertz CT molecular complexity index is 579. The van der Waals surface area contributed by atoms with Gasteiger partial charge in [-0.15, -0.1) is 16.8 Å². The van der Waals surface area contributed by atoms with Gasteiger partial charge in [0.05, 0.1) is 12.4 Å². The summed E-state index contributed by atoms with van der Waals surface area (Å²) in [5, 5.41) is 11.8. The molecule has 1 aromatic rings. The molecule has 9 heteroatoms. The number of piperidine rings is 1. The van der Waals surface area contributed by atoms with Gasteiger partial charge >= 0.3 is 5.97 Å². The first kappa shape index (κ1) is 18.7. The molecule has 1 N–H and O–H groups in total. The molecule has 132 valence electrons. The number of nitrogens with zero attached hydrogens (tertiary/aromatic N) is 3. The van der Waals surface area contributed by atoms with E-state index in [2.05, 4.69) is 22.1 Å². The maximum atomic E-state index is 12.5. The Morgan fingerprint density at radius 3 is 3.08 bits per heavy atom. The summed E-state index contributed by atoms with van der Waals surface area (Å²) in [4.78, 5) is 26.2. The highest BCUT2D eigenvalue weighted by atomic mass is 32.2. The van der Waals surface area contributed by atoms with Crippen molar-refractivity contribution in [3.63, 3.8) is 0 Å². The first-order chi connectivity index (χ1) is 11.7. The molecule has 1 atom stereocenters.